The standard InChI is InChI=1S/C22H20FN3O3/c1-2-29-22(28)16-5-9-18(10-6-16)25-20-12-11-19(14-24-20)26-21(27)13-15-3-7-17(23)8-4-15/h3-12,14H,2,13H2,1H3,(H,24,25)(H,26,27). The van der Waals surface area contributed by atoms with E-state index in [1.54, 1.807) is 55.5 Å². The fourth-order valence-corrected chi connectivity index (χ4v) is 2.59. The van der Waals surface area contributed by atoms with E-state index in [0.717, 1.165) is 11.3 Å². The number of aromatic nitrogens is 1. The van der Waals surface area contributed by atoms with E-state index in [0.29, 0.717) is 23.7 Å². The van der Waals surface area contributed by atoms with E-state index < -0.39 is 0 Å². The van der Waals surface area contributed by atoms with Crippen LogP contribution in [0.5, 0.6) is 0 Å². The highest BCUT2D eigenvalue weighted by Gasteiger charge is 2.07. The first kappa shape index (κ1) is 20.0. The summed E-state index contributed by atoms with van der Waals surface area (Å²) >= 11 is 0. The molecule has 3 aromatic rings. The number of carbonyl (C=O) groups excluding carboxylic acids is 2. The monoisotopic (exact) mass is 393 g/mol. The number of nitrogens with one attached hydrogen (secondary N) is 2. The number of benzene rings is 2. The molecule has 0 aliphatic carbocycles. The van der Waals surface area contributed by atoms with Crippen LogP contribution in [0.3, 0.4) is 0 Å². The van der Waals surface area contributed by atoms with Crippen LogP contribution in [0.1, 0.15) is 22.8 Å². The first-order valence-electron chi connectivity index (χ1n) is 9.08. The summed E-state index contributed by atoms with van der Waals surface area (Å²) in [6.45, 7) is 2.09. The molecule has 2 N–H and O–H groups in total. The average molecular weight is 393 g/mol. The number of esters is 1. The van der Waals surface area contributed by atoms with Crippen LogP contribution in [0.4, 0.5) is 21.6 Å². The first-order valence-corrected chi connectivity index (χ1v) is 9.08. The van der Waals surface area contributed by atoms with Crippen molar-refractivity contribution in [3.8, 4) is 0 Å². The molecule has 29 heavy (non-hydrogen) atoms. The molecule has 1 heterocycles. The molecule has 6 nitrogen and oxygen atoms in total. The van der Waals surface area contributed by atoms with Gasteiger partial charge in [-0.25, -0.2) is 14.2 Å². The van der Waals surface area contributed by atoms with E-state index in [1.807, 2.05) is 0 Å². The van der Waals surface area contributed by atoms with Gasteiger partial charge in [0, 0.05) is 5.69 Å². The predicted octanol–water partition coefficient (Wildman–Crippen LogP) is 4.32. The maximum Gasteiger partial charge on any atom is 0.338 e. The lowest BCUT2D eigenvalue weighted by Gasteiger charge is -2.09. The van der Waals surface area contributed by atoms with E-state index in [9.17, 15) is 14.0 Å². The Balaban J connectivity index is 1.55. The van der Waals surface area contributed by atoms with Gasteiger partial charge < -0.3 is 15.4 Å². The molecule has 0 fully saturated rings. The average Bonchev–Trinajstić information content (AvgIpc) is 2.72. The van der Waals surface area contributed by atoms with Crippen molar-refractivity contribution < 1.29 is 18.7 Å². The van der Waals surface area contributed by atoms with Crippen molar-refractivity contribution in [2.24, 2.45) is 0 Å². The lowest BCUT2D eigenvalue weighted by Crippen LogP contribution is -2.14. The molecule has 0 bridgehead atoms. The number of ether oxygens (including phenoxy) is 1. The van der Waals surface area contributed by atoms with Crippen molar-refractivity contribution in [1.82, 2.24) is 4.98 Å². The van der Waals surface area contributed by atoms with Crippen molar-refractivity contribution in [2.75, 3.05) is 17.2 Å². The third-order valence-corrected chi connectivity index (χ3v) is 3.99. The molecule has 0 aliphatic rings. The Morgan fingerprint density at radius 1 is 0.966 bits per heavy atom. The summed E-state index contributed by atoms with van der Waals surface area (Å²) in [6, 6.07) is 16.1. The van der Waals surface area contributed by atoms with Gasteiger partial charge in [0.05, 0.1) is 30.5 Å². The number of rotatable bonds is 7. The summed E-state index contributed by atoms with van der Waals surface area (Å²) in [4.78, 5) is 28.0. The summed E-state index contributed by atoms with van der Waals surface area (Å²) < 4.78 is 17.9. The van der Waals surface area contributed by atoms with Gasteiger partial charge in [0.15, 0.2) is 0 Å². The van der Waals surface area contributed by atoms with Crippen LogP contribution in [0, 0.1) is 5.82 Å². The molecule has 148 valence electrons. The zero-order valence-corrected chi connectivity index (χ0v) is 15.8. The molecule has 0 saturated heterocycles. The SMILES string of the molecule is CCOC(=O)c1ccc(Nc2ccc(NC(=O)Cc3ccc(F)cc3)cn2)cc1. The van der Waals surface area contributed by atoms with E-state index in [-0.39, 0.29) is 24.1 Å². The Kier molecular flexibility index (Phi) is 6.52. The summed E-state index contributed by atoms with van der Waals surface area (Å²) in [7, 11) is 0. The third-order valence-electron chi connectivity index (χ3n) is 3.99. The van der Waals surface area contributed by atoms with Gasteiger partial charge in [-0.2, -0.15) is 0 Å². The van der Waals surface area contributed by atoms with Gasteiger partial charge in [-0.05, 0) is 61.0 Å². The topological polar surface area (TPSA) is 80.3 Å². The maximum atomic E-state index is 12.9. The van der Waals surface area contributed by atoms with E-state index in [2.05, 4.69) is 15.6 Å². The molecule has 1 amide bonds. The van der Waals surface area contributed by atoms with E-state index in [1.165, 1.54) is 18.3 Å². The van der Waals surface area contributed by atoms with Crippen molar-refractivity contribution in [3.05, 3.63) is 83.8 Å². The number of amides is 1. The molecule has 0 radical (unpaired) electrons. The lowest BCUT2D eigenvalue weighted by atomic mass is 10.1. The van der Waals surface area contributed by atoms with Crippen LogP contribution < -0.4 is 10.6 Å². The molecular weight excluding hydrogens is 373 g/mol. The van der Waals surface area contributed by atoms with E-state index >= 15 is 0 Å². The highest BCUT2D eigenvalue weighted by atomic mass is 19.1. The largest absolute Gasteiger partial charge is 0.462 e. The molecule has 1 aromatic heterocycles. The molecule has 0 aliphatic heterocycles. The predicted molar refractivity (Wildman–Crippen MR) is 109 cm³/mol. The highest BCUT2D eigenvalue weighted by Crippen LogP contribution is 2.17. The van der Waals surface area contributed by atoms with Gasteiger partial charge in [0.1, 0.15) is 11.6 Å². The van der Waals surface area contributed by atoms with Crippen LogP contribution in [0.2, 0.25) is 0 Å². The molecule has 0 saturated carbocycles. The lowest BCUT2D eigenvalue weighted by molar-refractivity contribution is -0.115. The maximum absolute atomic E-state index is 12.9. The minimum absolute atomic E-state index is 0.146. The van der Waals surface area contributed by atoms with Gasteiger partial charge in [-0.1, -0.05) is 12.1 Å². The number of carbonyl (C=O) groups is 2. The minimum Gasteiger partial charge on any atom is -0.462 e. The second-order valence-corrected chi connectivity index (χ2v) is 6.21. The third kappa shape index (κ3) is 5.87. The number of nitrogens with zero attached hydrogens (tertiary/aromatic N) is 1. The Labute approximate surface area is 167 Å². The quantitative estimate of drug-likeness (QED) is 0.584. The summed E-state index contributed by atoms with van der Waals surface area (Å²) in [6.07, 6.45) is 1.69. The van der Waals surface area contributed by atoms with Crippen molar-refractivity contribution in [1.29, 1.82) is 0 Å². The number of hydrogen-bond acceptors (Lipinski definition) is 5. The van der Waals surface area contributed by atoms with Crippen LogP contribution in [-0.2, 0) is 16.0 Å². The van der Waals surface area contributed by atoms with Gasteiger partial charge in [-0.15, -0.1) is 0 Å². The van der Waals surface area contributed by atoms with Crippen LogP contribution >= 0.6 is 0 Å². The molecular formula is C22H20FN3O3. The molecule has 0 spiro atoms. The van der Waals surface area contributed by atoms with Crippen molar-refractivity contribution in [3.63, 3.8) is 0 Å². The Hall–Kier alpha value is -3.74. The Bertz CT molecular complexity index is 972. The zero-order chi connectivity index (χ0) is 20.6. The van der Waals surface area contributed by atoms with Gasteiger partial charge in [-0.3, -0.25) is 4.79 Å². The fourth-order valence-electron chi connectivity index (χ4n) is 2.59. The zero-order valence-electron chi connectivity index (χ0n) is 15.8. The Morgan fingerprint density at radius 2 is 1.66 bits per heavy atom. The second kappa shape index (κ2) is 9.45. The first-order chi connectivity index (χ1) is 14.0. The number of pyridine rings is 1. The summed E-state index contributed by atoms with van der Waals surface area (Å²) in [5, 5.41) is 5.87. The van der Waals surface area contributed by atoms with Gasteiger partial charge >= 0.3 is 5.97 Å². The van der Waals surface area contributed by atoms with Crippen LogP contribution in [0.15, 0.2) is 66.9 Å². The number of anilines is 3. The fraction of sp³-hybridized carbons (Fsp3) is 0.136. The van der Waals surface area contributed by atoms with Crippen LogP contribution in [-0.4, -0.2) is 23.5 Å². The summed E-state index contributed by atoms with van der Waals surface area (Å²) in [5.41, 5.74) is 2.52. The highest BCUT2D eigenvalue weighted by molar-refractivity contribution is 5.92. The smallest absolute Gasteiger partial charge is 0.338 e. The van der Waals surface area contributed by atoms with Crippen LogP contribution in [0.25, 0.3) is 0 Å². The van der Waals surface area contributed by atoms with Crippen molar-refractivity contribution in [2.45, 2.75) is 13.3 Å². The van der Waals surface area contributed by atoms with Gasteiger partial charge in [0.25, 0.3) is 0 Å². The van der Waals surface area contributed by atoms with E-state index in [4.69, 9.17) is 4.74 Å². The van der Waals surface area contributed by atoms with Gasteiger partial charge in [0.2, 0.25) is 5.91 Å². The number of halogens is 1. The summed E-state index contributed by atoms with van der Waals surface area (Å²) in [5.74, 6) is -0.325. The minimum atomic E-state index is -0.363. The number of hydrogen-bond donors (Lipinski definition) is 2. The molecule has 7 heteroatoms. The second-order valence-electron chi connectivity index (χ2n) is 6.21. The molecule has 3 rings (SSSR count). The van der Waals surface area contributed by atoms with Crippen molar-refractivity contribution >= 4 is 29.1 Å². The molecule has 0 atom stereocenters. The Morgan fingerprint density at radius 3 is 2.28 bits per heavy atom. The molecule has 2 aromatic carbocycles. The normalized spacial score (nSPS) is 10.3. The molecule has 0 unspecified atom stereocenters.